The average molecular weight is 424 g/mol. The second kappa shape index (κ2) is 9.16. The van der Waals surface area contributed by atoms with Crippen LogP contribution in [0.3, 0.4) is 0 Å². The van der Waals surface area contributed by atoms with Crippen LogP contribution >= 0.6 is 0 Å². The molecule has 0 aromatic heterocycles. The van der Waals surface area contributed by atoms with E-state index in [9.17, 15) is 4.79 Å². The maximum Gasteiger partial charge on any atom is 0.234 e. The van der Waals surface area contributed by atoms with Crippen LogP contribution in [0.5, 0.6) is 17.2 Å². The van der Waals surface area contributed by atoms with Crippen molar-refractivity contribution < 1.29 is 19.0 Å². The van der Waals surface area contributed by atoms with Crippen LogP contribution in [0.4, 0.5) is 0 Å². The quantitative estimate of drug-likeness (QED) is 0.763. The lowest BCUT2D eigenvalue weighted by atomic mass is 10.1. The lowest BCUT2D eigenvalue weighted by molar-refractivity contribution is -0.123. The van der Waals surface area contributed by atoms with E-state index in [1.54, 1.807) is 0 Å². The van der Waals surface area contributed by atoms with E-state index in [2.05, 4.69) is 33.3 Å². The Balaban J connectivity index is 1.02. The standard InChI is InChI=1S/C24H29N3O4/c28-24(25-14-20-17-30-22-3-1-2-4-23(22)31-20)16-27-10-8-26(9-11-27)15-18-5-6-21-19(13-18)7-12-29-21/h1-6,13,20H,7-12,14-17H2,(H,25,28). The number of nitrogens with one attached hydrogen (secondary N) is 1. The molecule has 31 heavy (non-hydrogen) atoms. The van der Waals surface area contributed by atoms with Crippen LogP contribution in [0.15, 0.2) is 42.5 Å². The monoisotopic (exact) mass is 423 g/mol. The van der Waals surface area contributed by atoms with Crippen LogP contribution in [-0.4, -0.2) is 74.3 Å². The fraction of sp³-hybridized carbons (Fsp3) is 0.458. The summed E-state index contributed by atoms with van der Waals surface area (Å²) in [6.45, 7) is 6.82. The molecule has 164 valence electrons. The van der Waals surface area contributed by atoms with E-state index in [1.807, 2.05) is 24.3 Å². The molecule has 0 aliphatic carbocycles. The molecule has 0 saturated carbocycles. The lowest BCUT2D eigenvalue weighted by Gasteiger charge is -2.34. The molecule has 0 bridgehead atoms. The zero-order chi connectivity index (χ0) is 21.0. The Kier molecular flexibility index (Phi) is 5.95. The van der Waals surface area contributed by atoms with Gasteiger partial charge in [-0.05, 0) is 29.3 Å². The highest BCUT2D eigenvalue weighted by atomic mass is 16.6. The number of benzene rings is 2. The van der Waals surface area contributed by atoms with Gasteiger partial charge in [-0.15, -0.1) is 0 Å². The Hall–Kier alpha value is -2.77. The Morgan fingerprint density at radius 1 is 0.968 bits per heavy atom. The number of hydrogen-bond acceptors (Lipinski definition) is 6. The summed E-state index contributed by atoms with van der Waals surface area (Å²) in [4.78, 5) is 17.1. The Morgan fingerprint density at radius 2 is 1.77 bits per heavy atom. The molecule has 3 heterocycles. The number of nitrogens with zero attached hydrogens (tertiary/aromatic N) is 2. The van der Waals surface area contributed by atoms with E-state index >= 15 is 0 Å². The maximum atomic E-state index is 12.4. The Bertz CT molecular complexity index is 927. The molecule has 0 spiro atoms. The van der Waals surface area contributed by atoms with Crippen molar-refractivity contribution in [1.82, 2.24) is 15.1 Å². The van der Waals surface area contributed by atoms with Gasteiger partial charge in [0.1, 0.15) is 18.5 Å². The van der Waals surface area contributed by atoms with Gasteiger partial charge in [0.05, 0.1) is 19.7 Å². The van der Waals surface area contributed by atoms with E-state index in [1.165, 1.54) is 11.1 Å². The van der Waals surface area contributed by atoms with Crippen LogP contribution in [0, 0.1) is 0 Å². The topological polar surface area (TPSA) is 63.3 Å². The molecule has 5 rings (SSSR count). The van der Waals surface area contributed by atoms with Gasteiger partial charge in [-0.25, -0.2) is 0 Å². The average Bonchev–Trinajstić information content (AvgIpc) is 3.27. The van der Waals surface area contributed by atoms with E-state index < -0.39 is 0 Å². The van der Waals surface area contributed by atoms with Gasteiger partial charge in [0, 0.05) is 39.1 Å². The summed E-state index contributed by atoms with van der Waals surface area (Å²) in [5, 5.41) is 2.99. The Morgan fingerprint density at radius 3 is 2.65 bits per heavy atom. The highest BCUT2D eigenvalue weighted by molar-refractivity contribution is 5.78. The van der Waals surface area contributed by atoms with Gasteiger partial charge in [-0.2, -0.15) is 0 Å². The number of ether oxygens (including phenoxy) is 3. The number of carbonyl (C=O) groups excluding carboxylic acids is 1. The van der Waals surface area contributed by atoms with Crippen LogP contribution in [0.1, 0.15) is 11.1 Å². The summed E-state index contributed by atoms with van der Waals surface area (Å²) in [5.74, 6) is 2.57. The number of carbonyl (C=O) groups is 1. The van der Waals surface area contributed by atoms with Crippen molar-refractivity contribution in [3.05, 3.63) is 53.6 Å². The fourth-order valence-electron chi connectivity index (χ4n) is 4.35. The summed E-state index contributed by atoms with van der Waals surface area (Å²) in [7, 11) is 0. The van der Waals surface area contributed by atoms with Crippen molar-refractivity contribution in [2.45, 2.75) is 19.1 Å². The molecule has 1 N–H and O–H groups in total. The smallest absolute Gasteiger partial charge is 0.234 e. The molecule has 1 atom stereocenters. The number of amides is 1. The molecule has 7 heteroatoms. The fourth-order valence-corrected chi connectivity index (χ4v) is 4.35. The third kappa shape index (κ3) is 4.94. The summed E-state index contributed by atoms with van der Waals surface area (Å²) < 4.78 is 17.2. The summed E-state index contributed by atoms with van der Waals surface area (Å²) in [6, 6.07) is 14.2. The van der Waals surface area contributed by atoms with Crippen molar-refractivity contribution in [2.75, 3.05) is 52.5 Å². The highest BCUT2D eigenvalue weighted by Crippen LogP contribution is 2.30. The van der Waals surface area contributed by atoms with E-state index in [0.717, 1.165) is 63.0 Å². The number of piperazine rings is 1. The zero-order valence-corrected chi connectivity index (χ0v) is 17.7. The lowest BCUT2D eigenvalue weighted by Crippen LogP contribution is -2.50. The minimum absolute atomic E-state index is 0.0366. The van der Waals surface area contributed by atoms with Crippen molar-refractivity contribution in [3.8, 4) is 17.2 Å². The van der Waals surface area contributed by atoms with Crippen LogP contribution < -0.4 is 19.5 Å². The predicted molar refractivity (Wildman–Crippen MR) is 117 cm³/mol. The minimum Gasteiger partial charge on any atom is -0.493 e. The van der Waals surface area contributed by atoms with Gasteiger partial charge in [0.25, 0.3) is 0 Å². The van der Waals surface area contributed by atoms with Crippen LogP contribution in [0.2, 0.25) is 0 Å². The first-order chi connectivity index (χ1) is 15.2. The largest absolute Gasteiger partial charge is 0.493 e. The second-order valence-electron chi connectivity index (χ2n) is 8.39. The van der Waals surface area contributed by atoms with Gasteiger partial charge < -0.3 is 19.5 Å². The molecular weight excluding hydrogens is 394 g/mol. The van der Waals surface area contributed by atoms with Crippen molar-refractivity contribution in [2.24, 2.45) is 0 Å². The maximum absolute atomic E-state index is 12.4. The number of para-hydroxylation sites is 2. The SMILES string of the molecule is O=C(CN1CCN(Cc2ccc3c(c2)CCO3)CC1)NCC1COc2ccccc2O1. The van der Waals surface area contributed by atoms with E-state index in [0.29, 0.717) is 19.7 Å². The highest BCUT2D eigenvalue weighted by Gasteiger charge is 2.23. The van der Waals surface area contributed by atoms with Gasteiger partial charge in [0.2, 0.25) is 5.91 Å². The van der Waals surface area contributed by atoms with E-state index in [4.69, 9.17) is 14.2 Å². The Labute approximate surface area is 182 Å². The molecule has 0 radical (unpaired) electrons. The first-order valence-corrected chi connectivity index (χ1v) is 11.1. The minimum atomic E-state index is -0.159. The van der Waals surface area contributed by atoms with Crippen LogP contribution in [0.25, 0.3) is 0 Å². The summed E-state index contributed by atoms with van der Waals surface area (Å²) >= 11 is 0. The van der Waals surface area contributed by atoms with E-state index in [-0.39, 0.29) is 12.0 Å². The number of hydrogen-bond donors (Lipinski definition) is 1. The molecule has 3 aliphatic heterocycles. The molecule has 2 aromatic rings. The van der Waals surface area contributed by atoms with Gasteiger partial charge >= 0.3 is 0 Å². The normalized spacial score (nSPS) is 20.7. The zero-order valence-electron chi connectivity index (χ0n) is 17.7. The van der Waals surface area contributed by atoms with Gasteiger partial charge in [-0.3, -0.25) is 14.6 Å². The molecule has 1 amide bonds. The predicted octanol–water partition coefficient (Wildman–Crippen LogP) is 1.70. The molecule has 3 aliphatic rings. The second-order valence-corrected chi connectivity index (χ2v) is 8.39. The van der Waals surface area contributed by atoms with Gasteiger partial charge in [0.15, 0.2) is 11.5 Å². The third-order valence-corrected chi connectivity index (χ3v) is 6.09. The van der Waals surface area contributed by atoms with Crippen LogP contribution in [-0.2, 0) is 17.8 Å². The molecule has 1 saturated heterocycles. The molecule has 1 unspecified atom stereocenters. The van der Waals surface area contributed by atoms with Crippen molar-refractivity contribution >= 4 is 5.91 Å². The molecular formula is C24H29N3O4. The summed E-state index contributed by atoms with van der Waals surface area (Å²) in [5.41, 5.74) is 2.66. The number of rotatable bonds is 6. The van der Waals surface area contributed by atoms with Crippen molar-refractivity contribution in [3.63, 3.8) is 0 Å². The third-order valence-electron chi connectivity index (χ3n) is 6.09. The molecule has 7 nitrogen and oxygen atoms in total. The molecule has 1 fully saturated rings. The first-order valence-electron chi connectivity index (χ1n) is 11.1. The van der Waals surface area contributed by atoms with Crippen molar-refractivity contribution in [1.29, 1.82) is 0 Å². The summed E-state index contributed by atoms with van der Waals surface area (Å²) in [6.07, 6.45) is 0.852. The molecule has 2 aromatic carbocycles. The number of fused-ring (bicyclic) bond motifs is 2. The van der Waals surface area contributed by atoms with Gasteiger partial charge in [-0.1, -0.05) is 24.3 Å². The first kappa shape index (κ1) is 20.2.